The summed E-state index contributed by atoms with van der Waals surface area (Å²) in [4.78, 5) is 4.34. The number of nitrogens with zero attached hydrogens (tertiary/aromatic N) is 3. The molecule has 0 saturated heterocycles. The Labute approximate surface area is 104 Å². The summed E-state index contributed by atoms with van der Waals surface area (Å²) in [6, 6.07) is 0. The van der Waals surface area contributed by atoms with E-state index in [2.05, 4.69) is 29.2 Å². The molecule has 1 saturated carbocycles. The van der Waals surface area contributed by atoms with Crippen LogP contribution in [0, 0.1) is 11.8 Å². The zero-order chi connectivity index (χ0) is 12.1. The molecule has 1 fully saturated rings. The molecular weight excluding hydrogens is 212 g/mol. The molecule has 96 valence electrons. The van der Waals surface area contributed by atoms with Crippen molar-refractivity contribution in [2.75, 3.05) is 6.54 Å². The zero-order valence-corrected chi connectivity index (χ0v) is 11.0. The lowest BCUT2D eigenvalue weighted by molar-refractivity contribution is 0.425. The van der Waals surface area contributed by atoms with Gasteiger partial charge in [0, 0.05) is 6.54 Å². The maximum atomic E-state index is 4.51. The third-order valence-corrected chi connectivity index (χ3v) is 3.34. The Hall–Kier alpha value is -0.900. The minimum absolute atomic E-state index is 0.676. The Morgan fingerprint density at radius 3 is 2.88 bits per heavy atom. The van der Waals surface area contributed by atoms with E-state index in [0.29, 0.717) is 5.92 Å². The van der Waals surface area contributed by atoms with E-state index >= 15 is 0 Å². The molecule has 1 heterocycles. The van der Waals surface area contributed by atoms with E-state index in [-0.39, 0.29) is 0 Å². The number of hydrogen-bond donors (Lipinski definition) is 1. The summed E-state index contributed by atoms with van der Waals surface area (Å²) in [5.41, 5.74) is 0. The Kier molecular flexibility index (Phi) is 4.54. The van der Waals surface area contributed by atoms with Crippen LogP contribution in [-0.2, 0) is 13.1 Å². The summed E-state index contributed by atoms with van der Waals surface area (Å²) in [6.07, 6.45) is 7.39. The molecule has 0 radical (unpaired) electrons. The van der Waals surface area contributed by atoms with Gasteiger partial charge in [-0.15, -0.1) is 0 Å². The third-order valence-electron chi connectivity index (χ3n) is 3.34. The fourth-order valence-corrected chi connectivity index (χ4v) is 2.43. The van der Waals surface area contributed by atoms with Gasteiger partial charge in [-0.3, -0.25) is 4.68 Å². The molecule has 0 aliphatic heterocycles. The van der Waals surface area contributed by atoms with Crippen LogP contribution in [0.1, 0.15) is 45.4 Å². The molecule has 1 N–H and O–H groups in total. The van der Waals surface area contributed by atoms with Crippen LogP contribution < -0.4 is 5.32 Å². The fourth-order valence-electron chi connectivity index (χ4n) is 2.43. The van der Waals surface area contributed by atoms with Gasteiger partial charge in [0.05, 0.1) is 6.54 Å². The lowest BCUT2D eigenvalue weighted by atomic mass is 10.1. The van der Waals surface area contributed by atoms with Gasteiger partial charge in [-0.25, -0.2) is 4.98 Å². The van der Waals surface area contributed by atoms with Crippen molar-refractivity contribution < 1.29 is 0 Å². The van der Waals surface area contributed by atoms with E-state index in [1.807, 2.05) is 11.0 Å². The maximum Gasteiger partial charge on any atom is 0.164 e. The molecule has 1 aliphatic carbocycles. The molecule has 4 heteroatoms. The summed E-state index contributed by atoms with van der Waals surface area (Å²) in [7, 11) is 0. The highest BCUT2D eigenvalue weighted by Gasteiger charge is 2.15. The molecule has 0 aromatic carbocycles. The van der Waals surface area contributed by atoms with Gasteiger partial charge in [0.25, 0.3) is 0 Å². The second-order valence-electron chi connectivity index (χ2n) is 5.56. The third kappa shape index (κ3) is 4.11. The van der Waals surface area contributed by atoms with Crippen LogP contribution in [-0.4, -0.2) is 21.3 Å². The Morgan fingerprint density at radius 2 is 2.18 bits per heavy atom. The van der Waals surface area contributed by atoms with E-state index in [1.165, 1.54) is 25.7 Å². The van der Waals surface area contributed by atoms with Gasteiger partial charge in [-0.2, -0.15) is 5.10 Å². The first kappa shape index (κ1) is 12.6. The van der Waals surface area contributed by atoms with Crippen LogP contribution in [0.15, 0.2) is 6.33 Å². The smallest absolute Gasteiger partial charge is 0.164 e. The molecule has 0 bridgehead atoms. The first-order chi connectivity index (χ1) is 8.24. The highest BCUT2D eigenvalue weighted by Crippen LogP contribution is 2.25. The monoisotopic (exact) mass is 236 g/mol. The van der Waals surface area contributed by atoms with Crippen molar-refractivity contribution in [3.63, 3.8) is 0 Å². The molecule has 0 spiro atoms. The molecule has 1 aromatic heterocycles. The van der Waals surface area contributed by atoms with Crippen molar-refractivity contribution in [2.24, 2.45) is 11.8 Å². The summed E-state index contributed by atoms with van der Waals surface area (Å²) in [5.74, 6) is 2.42. The number of hydrogen-bond acceptors (Lipinski definition) is 3. The second kappa shape index (κ2) is 6.15. The average molecular weight is 236 g/mol. The maximum absolute atomic E-state index is 4.51. The van der Waals surface area contributed by atoms with Gasteiger partial charge < -0.3 is 5.32 Å². The molecule has 1 aromatic rings. The van der Waals surface area contributed by atoms with Gasteiger partial charge in [0.2, 0.25) is 0 Å². The molecule has 0 unspecified atom stereocenters. The van der Waals surface area contributed by atoms with Gasteiger partial charge in [-0.05, 0) is 31.2 Å². The number of aromatic nitrogens is 3. The van der Waals surface area contributed by atoms with Gasteiger partial charge in [-0.1, -0.05) is 26.7 Å². The molecule has 0 amide bonds. The highest BCUT2D eigenvalue weighted by atomic mass is 15.3. The van der Waals surface area contributed by atoms with Crippen molar-refractivity contribution >= 4 is 0 Å². The lowest BCUT2D eigenvalue weighted by Crippen LogP contribution is -2.20. The highest BCUT2D eigenvalue weighted by molar-refractivity contribution is 4.81. The van der Waals surface area contributed by atoms with Crippen LogP contribution in [0.25, 0.3) is 0 Å². The normalized spacial score (nSPS) is 17.1. The SMILES string of the molecule is CC(C)CNCc1ncn(CC2CCCC2)n1. The van der Waals surface area contributed by atoms with E-state index in [4.69, 9.17) is 0 Å². The summed E-state index contributed by atoms with van der Waals surface area (Å²) in [5, 5.41) is 7.88. The standard InChI is InChI=1S/C13H24N4/c1-11(2)7-14-8-13-15-10-17(16-13)9-12-5-3-4-6-12/h10-12,14H,3-9H2,1-2H3. The molecule has 0 atom stereocenters. The second-order valence-corrected chi connectivity index (χ2v) is 5.56. The molecule has 2 rings (SSSR count). The van der Waals surface area contributed by atoms with Crippen LogP contribution in [0.4, 0.5) is 0 Å². The van der Waals surface area contributed by atoms with Crippen molar-refractivity contribution in [1.82, 2.24) is 20.1 Å². The van der Waals surface area contributed by atoms with Crippen molar-refractivity contribution in [3.05, 3.63) is 12.2 Å². The van der Waals surface area contributed by atoms with Gasteiger partial charge in [0.15, 0.2) is 5.82 Å². The summed E-state index contributed by atoms with van der Waals surface area (Å²) in [6.45, 7) is 7.28. The number of rotatable bonds is 6. The van der Waals surface area contributed by atoms with E-state index in [1.54, 1.807) is 0 Å². The molecule has 1 aliphatic rings. The van der Waals surface area contributed by atoms with E-state index < -0.39 is 0 Å². The van der Waals surface area contributed by atoms with Crippen LogP contribution in [0.2, 0.25) is 0 Å². The minimum atomic E-state index is 0.676. The Morgan fingerprint density at radius 1 is 1.41 bits per heavy atom. The average Bonchev–Trinajstić information content (AvgIpc) is 2.90. The first-order valence-electron chi connectivity index (χ1n) is 6.83. The predicted octanol–water partition coefficient (Wildman–Crippen LogP) is 2.21. The summed E-state index contributed by atoms with van der Waals surface area (Å²) < 4.78 is 2.02. The van der Waals surface area contributed by atoms with Crippen LogP contribution in [0.5, 0.6) is 0 Å². The van der Waals surface area contributed by atoms with Crippen LogP contribution >= 0.6 is 0 Å². The van der Waals surface area contributed by atoms with E-state index in [9.17, 15) is 0 Å². The fraction of sp³-hybridized carbons (Fsp3) is 0.846. The zero-order valence-electron chi connectivity index (χ0n) is 11.0. The molecule has 17 heavy (non-hydrogen) atoms. The molecular formula is C13H24N4. The van der Waals surface area contributed by atoms with Crippen molar-refractivity contribution in [2.45, 2.75) is 52.6 Å². The Bertz CT molecular complexity index is 326. The van der Waals surface area contributed by atoms with Crippen molar-refractivity contribution in [3.8, 4) is 0 Å². The lowest BCUT2D eigenvalue weighted by Gasteiger charge is -2.07. The Balaban J connectivity index is 1.75. The summed E-state index contributed by atoms with van der Waals surface area (Å²) >= 11 is 0. The van der Waals surface area contributed by atoms with Gasteiger partial charge in [0.1, 0.15) is 6.33 Å². The minimum Gasteiger partial charge on any atom is -0.310 e. The first-order valence-corrected chi connectivity index (χ1v) is 6.83. The van der Waals surface area contributed by atoms with Gasteiger partial charge >= 0.3 is 0 Å². The van der Waals surface area contributed by atoms with Crippen LogP contribution in [0.3, 0.4) is 0 Å². The van der Waals surface area contributed by atoms with E-state index in [0.717, 1.165) is 31.4 Å². The molecule has 4 nitrogen and oxygen atoms in total. The number of nitrogens with one attached hydrogen (secondary N) is 1. The largest absolute Gasteiger partial charge is 0.310 e. The topological polar surface area (TPSA) is 42.7 Å². The quantitative estimate of drug-likeness (QED) is 0.823. The predicted molar refractivity (Wildman–Crippen MR) is 68.5 cm³/mol. The van der Waals surface area contributed by atoms with Crippen molar-refractivity contribution in [1.29, 1.82) is 0 Å².